The van der Waals surface area contributed by atoms with Crippen LogP contribution in [0.5, 0.6) is 0 Å². The molecule has 0 spiro atoms. The zero-order valence-electron chi connectivity index (χ0n) is 14.4. The number of rotatable bonds is 4. The second-order valence-corrected chi connectivity index (χ2v) is 6.44. The quantitative estimate of drug-likeness (QED) is 0.714. The van der Waals surface area contributed by atoms with Crippen molar-refractivity contribution >= 4 is 34.1 Å². The van der Waals surface area contributed by atoms with E-state index < -0.39 is 12.6 Å². The van der Waals surface area contributed by atoms with Gasteiger partial charge in [-0.25, -0.2) is 9.58 Å². The van der Waals surface area contributed by atoms with Crippen LogP contribution in [0.15, 0.2) is 48.7 Å². The first-order valence-electron chi connectivity index (χ1n) is 8.39. The SMILES string of the molecule is Cc1ccc(N2C(=O)CC(Nc3ccc4c(cnn4C(F)F)c3)C2=O)cc1. The first-order valence-corrected chi connectivity index (χ1v) is 8.39. The van der Waals surface area contributed by atoms with Gasteiger partial charge in [0, 0.05) is 11.1 Å². The van der Waals surface area contributed by atoms with Crippen molar-refractivity contribution in [3.63, 3.8) is 0 Å². The van der Waals surface area contributed by atoms with Gasteiger partial charge in [-0.2, -0.15) is 13.9 Å². The highest BCUT2D eigenvalue weighted by Crippen LogP contribution is 2.27. The Morgan fingerprint density at radius 1 is 1.15 bits per heavy atom. The number of nitrogens with zero attached hydrogens (tertiary/aromatic N) is 3. The maximum atomic E-state index is 12.9. The Bertz CT molecular complexity index is 1030. The monoisotopic (exact) mass is 370 g/mol. The lowest BCUT2D eigenvalue weighted by atomic mass is 10.2. The highest BCUT2D eigenvalue weighted by atomic mass is 19.3. The fourth-order valence-electron chi connectivity index (χ4n) is 3.21. The normalized spacial score (nSPS) is 17.3. The van der Waals surface area contributed by atoms with Crippen LogP contribution in [0, 0.1) is 6.92 Å². The van der Waals surface area contributed by atoms with E-state index in [-0.39, 0.29) is 18.2 Å². The fraction of sp³-hybridized carbons (Fsp3) is 0.211. The van der Waals surface area contributed by atoms with Gasteiger partial charge in [0.1, 0.15) is 6.04 Å². The van der Waals surface area contributed by atoms with Gasteiger partial charge in [0.2, 0.25) is 5.91 Å². The molecule has 0 aliphatic carbocycles. The number of fused-ring (bicyclic) bond motifs is 1. The molecule has 1 aromatic heterocycles. The predicted octanol–water partition coefficient (Wildman–Crippen LogP) is 3.48. The molecular formula is C19H16F2N4O2. The number of benzene rings is 2. The van der Waals surface area contributed by atoms with Crippen molar-refractivity contribution in [2.24, 2.45) is 0 Å². The van der Waals surface area contributed by atoms with Crippen LogP contribution in [0.25, 0.3) is 10.9 Å². The van der Waals surface area contributed by atoms with Gasteiger partial charge < -0.3 is 5.32 Å². The molecule has 138 valence electrons. The molecule has 1 aliphatic rings. The van der Waals surface area contributed by atoms with Crippen LogP contribution in [-0.4, -0.2) is 27.6 Å². The van der Waals surface area contributed by atoms with Crippen LogP contribution in [0.1, 0.15) is 18.5 Å². The molecule has 3 aromatic rings. The second kappa shape index (κ2) is 6.46. The number of aromatic nitrogens is 2. The molecule has 1 fully saturated rings. The van der Waals surface area contributed by atoms with Crippen LogP contribution in [0.3, 0.4) is 0 Å². The van der Waals surface area contributed by atoms with E-state index >= 15 is 0 Å². The molecule has 2 heterocycles. The summed E-state index contributed by atoms with van der Waals surface area (Å²) in [6, 6.07) is 11.2. The Morgan fingerprint density at radius 3 is 2.59 bits per heavy atom. The van der Waals surface area contributed by atoms with Gasteiger partial charge in [0.05, 0.1) is 23.8 Å². The van der Waals surface area contributed by atoms with Gasteiger partial charge in [-0.1, -0.05) is 17.7 Å². The van der Waals surface area contributed by atoms with E-state index in [1.807, 2.05) is 19.1 Å². The highest BCUT2D eigenvalue weighted by molar-refractivity contribution is 6.23. The van der Waals surface area contributed by atoms with E-state index in [0.29, 0.717) is 27.0 Å². The van der Waals surface area contributed by atoms with E-state index in [9.17, 15) is 18.4 Å². The van der Waals surface area contributed by atoms with E-state index in [1.54, 1.807) is 24.3 Å². The van der Waals surface area contributed by atoms with E-state index in [2.05, 4.69) is 10.4 Å². The first kappa shape index (κ1) is 17.1. The number of amides is 2. The Hall–Kier alpha value is -3.29. The maximum absolute atomic E-state index is 12.9. The number of nitrogens with one attached hydrogen (secondary N) is 1. The third-order valence-corrected chi connectivity index (χ3v) is 4.56. The van der Waals surface area contributed by atoms with Crippen LogP contribution in [0.2, 0.25) is 0 Å². The minimum absolute atomic E-state index is 0.0288. The van der Waals surface area contributed by atoms with E-state index in [0.717, 1.165) is 5.56 Å². The predicted molar refractivity (Wildman–Crippen MR) is 96.7 cm³/mol. The average Bonchev–Trinajstić information content (AvgIpc) is 3.17. The van der Waals surface area contributed by atoms with Crippen molar-refractivity contribution in [2.75, 3.05) is 10.2 Å². The fourth-order valence-corrected chi connectivity index (χ4v) is 3.21. The number of alkyl halides is 2. The van der Waals surface area contributed by atoms with Gasteiger partial charge in [0.25, 0.3) is 5.91 Å². The van der Waals surface area contributed by atoms with Crippen LogP contribution in [0.4, 0.5) is 20.2 Å². The molecule has 0 saturated carbocycles. The third kappa shape index (κ3) is 3.03. The molecule has 6 nitrogen and oxygen atoms in total. The Balaban J connectivity index is 1.56. The minimum Gasteiger partial charge on any atom is -0.373 e. The lowest BCUT2D eigenvalue weighted by molar-refractivity contribution is -0.121. The van der Waals surface area contributed by atoms with Crippen LogP contribution in [-0.2, 0) is 9.59 Å². The highest BCUT2D eigenvalue weighted by Gasteiger charge is 2.39. The summed E-state index contributed by atoms with van der Waals surface area (Å²) in [7, 11) is 0. The van der Waals surface area contributed by atoms with Crippen molar-refractivity contribution in [1.29, 1.82) is 0 Å². The van der Waals surface area contributed by atoms with Crippen molar-refractivity contribution in [3.05, 3.63) is 54.2 Å². The molecule has 2 amide bonds. The summed E-state index contributed by atoms with van der Waals surface area (Å²) in [6.07, 6.45) is 1.37. The van der Waals surface area contributed by atoms with Gasteiger partial charge in [-0.15, -0.1) is 0 Å². The van der Waals surface area contributed by atoms with Crippen molar-refractivity contribution in [2.45, 2.75) is 25.9 Å². The number of imide groups is 1. The van der Waals surface area contributed by atoms with Crippen LogP contribution < -0.4 is 10.2 Å². The van der Waals surface area contributed by atoms with Crippen molar-refractivity contribution in [3.8, 4) is 0 Å². The maximum Gasteiger partial charge on any atom is 0.333 e. The molecule has 1 aliphatic heterocycles. The largest absolute Gasteiger partial charge is 0.373 e. The molecule has 1 N–H and O–H groups in total. The van der Waals surface area contributed by atoms with Gasteiger partial charge in [0.15, 0.2) is 0 Å². The number of aryl methyl sites for hydroxylation is 1. The van der Waals surface area contributed by atoms with Crippen molar-refractivity contribution in [1.82, 2.24) is 9.78 Å². The zero-order valence-corrected chi connectivity index (χ0v) is 14.4. The molecule has 27 heavy (non-hydrogen) atoms. The Morgan fingerprint density at radius 2 is 1.89 bits per heavy atom. The number of anilines is 2. The molecule has 2 aromatic carbocycles. The number of carbonyl (C=O) groups excluding carboxylic acids is 2. The van der Waals surface area contributed by atoms with Gasteiger partial charge in [-0.3, -0.25) is 9.59 Å². The zero-order chi connectivity index (χ0) is 19.1. The Labute approximate surface area is 153 Å². The number of hydrogen-bond donors (Lipinski definition) is 1. The van der Waals surface area contributed by atoms with Crippen molar-refractivity contribution < 1.29 is 18.4 Å². The van der Waals surface area contributed by atoms with Gasteiger partial charge in [-0.05, 0) is 37.3 Å². The molecule has 0 radical (unpaired) electrons. The average molecular weight is 370 g/mol. The molecule has 4 rings (SSSR count). The number of hydrogen-bond acceptors (Lipinski definition) is 4. The smallest absolute Gasteiger partial charge is 0.333 e. The lowest BCUT2D eigenvalue weighted by Gasteiger charge is -2.16. The lowest BCUT2D eigenvalue weighted by Crippen LogP contribution is -2.34. The topological polar surface area (TPSA) is 67.2 Å². The van der Waals surface area contributed by atoms with E-state index in [1.165, 1.54) is 17.2 Å². The first-order chi connectivity index (χ1) is 12.9. The number of halogens is 2. The molecule has 1 unspecified atom stereocenters. The molecule has 1 saturated heterocycles. The summed E-state index contributed by atoms with van der Waals surface area (Å²) >= 11 is 0. The second-order valence-electron chi connectivity index (χ2n) is 6.44. The van der Waals surface area contributed by atoms with Crippen LogP contribution >= 0.6 is 0 Å². The van der Waals surface area contributed by atoms with E-state index in [4.69, 9.17) is 0 Å². The molecule has 0 bridgehead atoms. The molecule has 1 atom stereocenters. The minimum atomic E-state index is -2.72. The van der Waals surface area contributed by atoms with Gasteiger partial charge >= 0.3 is 6.55 Å². The third-order valence-electron chi connectivity index (χ3n) is 4.56. The Kier molecular flexibility index (Phi) is 4.10. The summed E-state index contributed by atoms with van der Waals surface area (Å²) in [6.45, 7) is -0.799. The summed E-state index contributed by atoms with van der Waals surface area (Å²) in [5.41, 5.74) is 2.43. The number of carbonyl (C=O) groups is 2. The summed E-state index contributed by atoms with van der Waals surface area (Å²) in [4.78, 5) is 26.2. The summed E-state index contributed by atoms with van der Waals surface area (Å²) in [5, 5.41) is 7.21. The molecule has 8 heteroatoms. The summed E-state index contributed by atoms with van der Waals surface area (Å²) in [5.74, 6) is -0.625. The standard InChI is InChI=1S/C19H16F2N4O2/c1-11-2-5-14(6-3-11)24-17(26)9-15(18(24)27)23-13-4-7-16-12(8-13)10-22-25(16)19(20)21/h2-8,10,15,19,23H,9H2,1H3. The summed E-state index contributed by atoms with van der Waals surface area (Å²) < 4.78 is 26.4. The molecular weight excluding hydrogens is 354 g/mol.